The Morgan fingerprint density at radius 2 is 1.94 bits per heavy atom. The number of sulfonamides is 1. The molecule has 0 aromatic heterocycles. The Labute approximate surface area is 183 Å². The number of anilines is 2. The first kappa shape index (κ1) is 24.3. The molecular formula is C21H29N3O6S. The van der Waals surface area contributed by atoms with Crippen LogP contribution in [0.5, 0.6) is 11.5 Å². The molecule has 9 nitrogen and oxygen atoms in total. The lowest BCUT2D eigenvalue weighted by molar-refractivity contribution is 0.155. The van der Waals surface area contributed by atoms with E-state index < -0.39 is 16.1 Å². The second kappa shape index (κ2) is 10.9. The van der Waals surface area contributed by atoms with Crippen molar-refractivity contribution in [1.82, 2.24) is 4.72 Å². The van der Waals surface area contributed by atoms with Crippen LogP contribution in [-0.4, -0.2) is 52.6 Å². The fourth-order valence-electron chi connectivity index (χ4n) is 2.94. The van der Waals surface area contributed by atoms with E-state index in [4.69, 9.17) is 9.47 Å². The van der Waals surface area contributed by atoms with Crippen LogP contribution in [0.2, 0.25) is 0 Å². The Morgan fingerprint density at radius 3 is 2.52 bits per heavy atom. The molecule has 2 aromatic rings. The number of benzene rings is 2. The summed E-state index contributed by atoms with van der Waals surface area (Å²) in [6, 6.07) is 10.3. The molecule has 0 aliphatic rings. The zero-order valence-electron chi connectivity index (χ0n) is 18.1. The van der Waals surface area contributed by atoms with Gasteiger partial charge in [0.05, 0.1) is 13.4 Å². The standard InChI is InChI=1S/C21H29N3O6S/c1-5-24(11-10-22-31(4,27)28)17-7-8-18(15(2)12-17)23-21(26)30-14-16-6-9-20(29-3)19(25)13-16/h6-9,12-13,22,25H,5,10-11,14H2,1-4H3,(H,23,26). The molecule has 0 saturated heterocycles. The number of hydrogen-bond donors (Lipinski definition) is 3. The van der Waals surface area contributed by atoms with Crippen molar-refractivity contribution in [2.24, 2.45) is 0 Å². The van der Waals surface area contributed by atoms with Gasteiger partial charge in [-0.2, -0.15) is 0 Å². The number of likely N-dealkylation sites (N-methyl/N-ethyl adjacent to an activating group) is 1. The lowest BCUT2D eigenvalue weighted by Crippen LogP contribution is -2.34. The lowest BCUT2D eigenvalue weighted by atomic mass is 10.1. The van der Waals surface area contributed by atoms with Gasteiger partial charge in [-0.25, -0.2) is 17.9 Å². The highest BCUT2D eigenvalue weighted by Crippen LogP contribution is 2.27. The highest BCUT2D eigenvalue weighted by molar-refractivity contribution is 7.88. The molecule has 2 rings (SSSR count). The van der Waals surface area contributed by atoms with Crippen LogP contribution in [0.1, 0.15) is 18.1 Å². The van der Waals surface area contributed by atoms with Crippen LogP contribution < -0.4 is 19.7 Å². The van der Waals surface area contributed by atoms with Gasteiger partial charge < -0.3 is 19.5 Å². The number of phenolic OH excluding ortho intramolecular Hbond substituents is 1. The molecule has 170 valence electrons. The Bertz CT molecular complexity index is 1010. The summed E-state index contributed by atoms with van der Waals surface area (Å²) in [5.74, 6) is 0.319. The molecule has 0 radical (unpaired) electrons. The van der Waals surface area contributed by atoms with E-state index >= 15 is 0 Å². The van der Waals surface area contributed by atoms with Gasteiger partial charge in [0.15, 0.2) is 11.5 Å². The molecule has 1 amide bonds. The molecule has 0 fully saturated rings. The Hall–Kier alpha value is -2.98. The largest absolute Gasteiger partial charge is 0.504 e. The van der Waals surface area contributed by atoms with Crippen LogP contribution in [-0.2, 0) is 21.4 Å². The van der Waals surface area contributed by atoms with Crippen LogP contribution in [0.15, 0.2) is 36.4 Å². The average molecular weight is 452 g/mol. The van der Waals surface area contributed by atoms with Gasteiger partial charge in [0.25, 0.3) is 0 Å². The van der Waals surface area contributed by atoms with Gasteiger partial charge >= 0.3 is 6.09 Å². The van der Waals surface area contributed by atoms with E-state index in [2.05, 4.69) is 10.0 Å². The van der Waals surface area contributed by atoms with Crippen molar-refractivity contribution in [1.29, 1.82) is 0 Å². The van der Waals surface area contributed by atoms with Crippen molar-refractivity contribution in [2.45, 2.75) is 20.5 Å². The number of nitrogens with zero attached hydrogens (tertiary/aromatic N) is 1. The fraction of sp³-hybridized carbons (Fsp3) is 0.381. The molecule has 0 atom stereocenters. The predicted molar refractivity (Wildman–Crippen MR) is 120 cm³/mol. The first-order valence-electron chi connectivity index (χ1n) is 9.72. The number of carbonyl (C=O) groups is 1. The quantitative estimate of drug-likeness (QED) is 0.508. The summed E-state index contributed by atoms with van der Waals surface area (Å²) in [5, 5.41) is 12.5. The third-order valence-corrected chi connectivity index (χ3v) is 5.28. The summed E-state index contributed by atoms with van der Waals surface area (Å²) in [6.07, 6.45) is 0.514. The zero-order valence-corrected chi connectivity index (χ0v) is 19.0. The van der Waals surface area contributed by atoms with Gasteiger partial charge in [0.2, 0.25) is 10.0 Å². The second-order valence-electron chi connectivity index (χ2n) is 6.95. The van der Waals surface area contributed by atoms with Crippen LogP contribution in [0.25, 0.3) is 0 Å². The van der Waals surface area contributed by atoms with Crippen molar-refractivity contribution in [3.05, 3.63) is 47.5 Å². The number of hydrogen-bond acceptors (Lipinski definition) is 7. The van der Waals surface area contributed by atoms with E-state index in [1.54, 1.807) is 18.2 Å². The van der Waals surface area contributed by atoms with Crippen LogP contribution in [0.4, 0.5) is 16.2 Å². The van der Waals surface area contributed by atoms with Crippen molar-refractivity contribution >= 4 is 27.5 Å². The molecule has 2 aromatic carbocycles. The number of carbonyl (C=O) groups excluding carboxylic acids is 1. The Kier molecular flexibility index (Phi) is 8.52. The molecule has 0 aliphatic carbocycles. The van der Waals surface area contributed by atoms with E-state index in [9.17, 15) is 18.3 Å². The van der Waals surface area contributed by atoms with Crippen molar-refractivity contribution in [3.63, 3.8) is 0 Å². The number of phenols is 1. The number of ether oxygens (including phenoxy) is 2. The number of nitrogens with one attached hydrogen (secondary N) is 2. The van der Waals surface area contributed by atoms with Crippen molar-refractivity contribution in [2.75, 3.05) is 43.2 Å². The maximum absolute atomic E-state index is 12.2. The van der Waals surface area contributed by atoms with E-state index in [1.807, 2.05) is 30.9 Å². The van der Waals surface area contributed by atoms with Gasteiger partial charge in [-0.05, 0) is 55.3 Å². The Balaban J connectivity index is 1.94. The maximum Gasteiger partial charge on any atom is 0.411 e. The monoisotopic (exact) mass is 451 g/mol. The number of aromatic hydroxyl groups is 1. The third kappa shape index (κ3) is 7.65. The molecule has 0 heterocycles. The summed E-state index contributed by atoms with van der Waals surface area (Å²) in [5.41, 5.74) is 2.99. The topological polar surface area (TPSA) is 117 Å². The molecular weight excluding hydrogens is 422 g/mol. The van der Waals surface area contributed by atoms with Gasteiger partial charge in [-0.1, -0.05) is 6.07 Å². The fourth-order valence-corrected chi connectivity index (χ4v) is 3.40. The number of methoxy groups -OCH3 is 1. The number of amides is 1. The number of aryl methyl sites for hydroxylation is 1. The summed E-state index contributed by atoms with van der Waals surface area (Å²) in [7, 11) is -1.77. The molecule has 0 saturated carbocycles. The van der Waals surface area contributed by atoms with Crippen LogP contribution in [0.3, 0.4) is 0 Å². The summed E-state index contributed by atoms with van der Waals surface area (Å²) in [4.78, 5) is 14.2. The van der Waals surface area contributed by atoms with E-state index in [0.717, 1.165) is 17.5 Å². The molecule has 3 N–H and O–H groups in total. The highest BCUT2D eigenvalue weighted by Gasteiger charge is 2.11. The van der Waals surface area contributed by atoms with Crippen molar-refractivity contribution in [3.8, 4) is 11.5 Å². The first-order valence-corrected chi connectivity index (χ1v) is 11.6. The molecule has 0 spiro atoms. The molecule has 0 unspecified atom stereocenters. The molecule has 0 aliphatic heterocycles. The van der Waals surface area contributed by atoms with Crippen LogP contribution in [0, 0.1) is 6.92 Å². The summed E-state index contributed by atoms with van der Waals surface area (Å²) >= 11 is 0. The SMILES string of the molecule is CCN(CCNS(C)(=O)=O)c1ccc(NC(=O)OCc2ccc(OC)c(O)c2)c(C)c1. The van der Waals surface area contributed by atoms with Gasteiger partial charge in [0, 0.05) is 31.0 Å². The summed E-state index contributed by atoms with van der Waals surface area (Å²) in [6.45, 7) is 5.37. The minimum absolute atomic E-state index is 0.00251. The number of rotatable bonds is 10. The lowest BCUT2D eigenvalue weighted by Gasteiger charge is -2.24. The summed E-state index contributed by atoms with van der Waals surface area (Å²) < 4.78 is 35.1. The third-order valence-electron chi connectivity index (χ3n) is 4.55. The van der Waals surface area contributed by atoms with E-state index in [1.165, 1.54) is 13.2 Å². The highest BCUT2D eigenvalue weighted by atomic mass is 32.2. The first-order chi connectivity index (χ1) is 14.6. The van der Waals surface area contributed by atoms with Crippen LogP contribution >= 0.6 is 0 Å². The zero-order chi connectivity index (χ0) is 23.0. The molecule has 0 bridgehead atoms. The van der Waals surface area contributed by atoms with Gasteiger partial charge in [0.1, 0.15) is 6.61 Å². The second-order valence-corrected chi connectivity index (χ2v) is 8.79. The van der Waals surface area contributed by atoms with Crippen molar-refractivity contribution < 1.29 is 27.8 Å². The maximum atomic E-state index is 12.2. The predicted octanol–water partition coefficient (Wildman–Crippen LogP) is 2.83. The van der Waals surface area contributed by atoms with E-state index in [-0.39, 0.29) is 12.4 Å². The van der Waals surface area contributed by atoms with E-state index in [0.29, 0.717) is 36.6 Å². The van der Waals surface area contributed by atoms with Gasteiger partial charge in [-0.15, -0.1) is 0 Å². The molecule has 31 heavy (non-hydrogen) atoms. The molecule has 10 heteroatoms. The normalized spacial score (nSPS) is 11.1. The minimum atomic E-state index is -3.23. The minimum Gasteiger partial charge on any atom is -0.504 e. The van der Waals surface area contributed by atoms with Gasteiger partial charge in [-0.3, -0.25) is 5.32 Å². The smallest absolute Gasteiger partial charge is 0.411 e. The average Bonchev–Trinajstić information content (AvgIpc) is 2.70. The Morgan fingerprint density at radius 1 is 1.19 bits per heavy atom.